The van der Waals surface area contributed by atoms with Crippen LogP contribution in [0.3, 0.4) is 0 Å². The van der Waals surface area contributed by atoms with E-state index in [-0.39, 0.29) is 5.46 Å². The summed E-state index contributed by atoms with van der Waals surface area (Å²) >= 11 is 0. The molecule has 1 aromatic rings. The standard InChI is InChI=1S/C9H12BFO3/c1-9(2,12)6-3-4-8(11)7(5-6)10(13)14/h3-5,12-14H,1-2H3. The van der Waals surface area contributed by atoms with Crippen LogP contribution in [0, 0.1) is 5.82 Å². The van der Waals surface area contributed by atoms with Gasteiger partial charge in [0.1, 0.15) is 5.82 Å². The van der Waals surface area contributed by atoms with Crippen molar-refractivity contribution in [2.75, 3.05) is 0 Å². The number of rotatable bonds is 2. The Labute approximate surface area is 82.0 Å². The van der Waals surface area contributed by atoms with Gasteiger partial charge >= 0.3 is 7.12 Å². The molecule has 14 heavy (non-hydrogen) atoms. The summed E-state index contributed by atoms with van der Waals surface area (Å²) in [6.45, 7) is 3.07. The van der Waals surface area contributed by atoms with Crippen molar-refractivity contribution in [3.05, 3.63) is 29.6 Å². The highest BCUT2D eigenvalue weighted by molar-refractivity contribution is 6.58. The van der Waals surface area contributed by atoms with Gasteiger partial charge in [0.05, 0.1) is 5.60 Å². The van der Waals surface area contributed by atoms with E-state index in [9.17, 15) is 9.50 Å². The Kier molecular flexibility index (Phi) is 2.94. The maximum atomic E-state index is 13.0. The number of hydrogen-bond donors (Lipinski definition) is 3. The Morgan fingerprint density at radius 3 is 2.29 bits per heavy atom. The third-order valence-corrected chi connectivity index (χ3v) is 1.98. The van der Waals surface area contributed by atoms with Crippen LogP contribution in [0.15, 0.2) is 18.2 Å². The predicted octanol–water partition coefficient (Wildman–Crippen LogP) is -0.267. The average Bonchev–Trinajstić information content (AvgIpc) is 2.02. The smallest absolute Gasteiger partial charge is 0.423 e. The number of hydrogen-bond acceptors (Lipinski definition) is 3. The minimum atomic E-state index is -1.86. The van der Waals surface area contributed by atoms with Gasteiger partial charge in [0, 0.05) is 5.46 Å². The molecular weight excluding hydrogens is 186 g/mol. The first-order chi connectivity index (χ1) is 6.32. The highest BCUT2D eigenvalue weighted by Gasteiger charge is 2.22. The topological polar surface area (TPSA) is 60.7 Å². The molecule has 0 spiro atoms. The third-order valence-electron chi connectivity index (χ3n) is 1.98. The molecule has 76 valence electrons. The first-order valence-electron chi connectivity index (χ1n) is 4.21. The highest BCUT2D eigenvalue weighted by Crippen LogP contribution is 2.18. The van der Waals surface area contributed by atoms with Crippen molar-refractivity contribution >= 4 is 12.6 Å². The minimum absolute atomic E-state index is 0.232. The van der Waals surface area contributed by atoms with Crippen LogP contribution >= 0.6 is 0 Å². The Hall–Kier alpha value is -0.905. The summed E-state index contributed by atoms with van der Waals surface area (Å²) in [7, 11) is -1.86. The van der Waals surface area contributed by atoms with Crippen LogP contribution in [-0.4, -0.2) is 22.3 Å². The van der Waals surface area contributed by atoms with Crippen LogP contribution in [0.5, 0.6) is 0 Å². The number of aliphatic hydroxyl groups is 1. The molecule has 0 aliphatic heterocycles. The summed E-state index contributed by atoms with van der Waals surface area (Å²) in [6, 6.07) is 3.74. The van der Waals surface area contributed by atoms with Crippen molar-refractivity contribution in [2.24, 2.45) is 0 Å². The zero-order valence-electron chi connectivity index (χ0n) is 8.03. The van der Waals surface area contributed by atoms with Crippen molar-refractivity contribution < 1.29 is 19.5 Å². The van der Waals surface area contributed by atoms with Gasteiger partial charge in [0.25, 0.3) is 0 Å². The Balaban J connectivity index is 3.20. The number of benzene rings is 1. The molecule has 0 heterocycles. The van der Waals surface area contributed by atoms with Gasteiger partial charge in [-0.1, -0.05) is 12.1 Å². The quantitative estimate of drug-likeness (QED) is 0.573. The summed E-state index contributed by atoms with van der Waals surface area (Å²) in [4.78, 5) is 0. The average molecular weight is 198 g/mol. The molecule has 0 fully saturated rings. The Bertz CT molecular complexity index is 333. The van der Waals surface area contributed by atoms with Gasteiger partial charge in [0.15, 0.2) is 0 Å². The van der Waals surface area contributed by atoms with Gasteiger partial charge < -0.3 is 15.2 Å². The SMILES string of the molecule is CC(C)(O)c1ccc(F)c(B(O)O)c1. The van der Waals surface area contributed by atoms with E-state index in [1.165, 1.54) is 26.0 Å². The van der Waals surface area contributed by atoms with Crippen molar-refractivity contribution in [3.8, 4) is 0 Å². The van der Waals surface area contributed by atoms with Crippen molar-refractivity contribution in [3.63, 3.8) is 0 Å². The molecule has 0 amide bonds. The van der Waals surface area contributed by atoms with Crippen molar-refractivity contribution in [2.45, 2.75) is 19.4 Å². The van der Waals surface area contributed by atoms with Gasteiger partial charge in [-0.2, -0.15) is 0 Å². The van der Waals surface area contributed by atoms with Crippen molar-refractivity contribution in [1.29, 1.82) is 0 Å². The van der Waals surface area contributed by atoms with E-state index in [1.54, 1.807) is 0 Å². The molecule has 5 heteroatoms. The summed E-state index contributed by atoms with van der Waals surface area (Å²) < 4.78 is 13.0. The third kappa shape index (κ3) is 2.32. The van der Waals surface area contributed by atoms with Crippen LogP contribution in [0.1, 0.15) is 19.4 Å². The van der Waals surface area contributed by atoms with E-state index in [0.29, 0.717) is 5.56 Å². The summed E-state index contributed by atoms with van der Waals surface area (Å²) in [6.07, 6.45) is 0. The zero-order valence-corrected chi connectivity index (χ0v) is 8.03. The van der Waals surface area contributed by atoms with Crippen LogP contribution in [-0.2, 0) is 5.60 Å². The molecule has 0 saturated heterocycles. The van der Waals surface area contributed by atoms with Crippen LogP contribution in [0.4, 0.5) is 4.39 Å². The molecule has 1 aromatic carbocycles. The lowest BCUT2D eigenvalue weighted by Crippen LogP contribution is -2.34. The lowest BCUT2D eigenvalue weighted by Gasteiger charge is -2.18. The fraction of sp³-hybridized carbons (Fsp3) is 0.333. The molecule has 0 radical (unpaired) electrons. The molecular formula is C9H12BFO3. The first-order valence-corrected chi connectivity index (χ1v) is 4.21. The molecule has 0 bridgehead atoms. The van der Waals surface area contributed by atoms with E-state index in [1.807, 2.05) is 0 Å². The van der Waals surface area contributed by atoms with E-state index in [2.05, 4.69) is 0 Å². The highest BCUT2D eigenvalue weighted by atomic mass is 19.1. The monoisotopic (exact) mass is 198 g/mol. The minimum Gasteiger partial charge on any atom is -0.423 e. The van der Waals surface area contributed by atoms with E-state index >= 15 is 0 Å². The largest absolute Gasteiger partial charge is 0.491 e. The van der Waals surface area contributed by atoms with Crippen LogP contribution in [0.2, 0.25) is 0 Å². The summed E-state index contributed by atoms with van der Waals surface area (Å²) in [5.74, 6) is -0.701. The van der Waals surface area contributed by atoms with Gasteiger partial charge in [-0.25, -0.2) is 4.39 Å². The molecule has 0 aromatic heterocycles. The molecule has 0 aliphatic rings. The van der Waals surface area contributed by atoms with Crippen molar-refractivity contribution in [1.82, 2.24) is 0 Å². The lowest BCUT2D eigenvalue weighted by molar-refractivity contribution is 0.0786. The Morgan fingerprint density at radius 2 is 1.86 bits per heavy atom. The second-order valence-corrected chi connectivity index (χ2v) is 3.67. The normalized spacial score (nSPS) is 11.6. The van der Waals surface area contributed by atoms with E-state index in [0.717, 1.165) is 6.07 Å². The second-order valence-electron chi connectivity index (χ2n) is 3.67. The molecule has 3 N–H and O–H groups in total. The van der Waals surface area contributed by atoms with Gasteiger partial charge in [-0.15, -0.1) is 0 Å². The molecule has 1 rings (SSSR count). The maximum absolute atomic E-state index is 13.0. The van der Waals surface area contributed by atoms with Gasteiger partial charge in [-0.05, 0) is 25.5 Å². The summed E-state index contributed by atoms with van der Waals surface area (Å²) in [5, 5.41) is 27.3. The maximum Gasteiger partial charge on any atom is 0.491 e. The molecule has 0 unspecified atom stereocenters. The van der Waals surface area contributed by atoms with Crippen LogP contribution in [0.25, 0.3) is 0 Å². The zero-order chi connectivity index (χ0) is 10.9. The van der Waals surface area contributed by atoms with E-state index < -0.39 is 18.5 Å². The van der Waals surface area contributed by atoms with Crippen LogP contribution < -0.4 is 5.46 Å². The summed E-state index contributed by atoms with van der Waals surface area (Å²) in [5.41, 5.74) is -0.927. The fourth-order valence-electron chi connectivity index (χ4n) is 1.12. The van der Waals surface area contributed by atoms with Gasteiger partial charge in [0.2, 0.25) is 0 Å². The Morgan fingerprint density at radius 1 is 1.29 bits per heavy atom. The number of halogens is 1. The fourth-order valence-corrected chi connectivity index (χ4v) is 1.12. The molecule has 0 aliphatic carbocycles. The van der Waals surface area contributed by atoms with Gasteiger partial charge in [-0.3, -0.25) is 0 Å². The molecule has 0 atom stereocenters. The second kappa shape index (κ2) is 3.69. The molecule has 3 nitrogen and oxygen atoms in total. The van der Waals surface area contributed by atoms with E-state index in [4.69, 9.17) is 10.0 Å². The lowest BCUT2D eigenvalue weighted by atomic mass is 9.77. The molecule has 0 saturated carbocycles. The first kappa shape index (κ1) is 11.2. The predicted molar refractivity (Wildman–Crippen MR) is 51.5 cm³/mol.